The lowest BCUT2D eigenvalue weighted by atomic mass is 9.63. The predicted octanol–water partition coefficient (Wildman–Crippen LogP) is 6.16. The summed E-state index contributed by atoms with van der Waals surface area (Å²) in [6.07, 6.45) is 5.36. The number of amides is 1. The third kappa shape index (κ3) is 4.05. The summed E-state index contributed by atoms with van der Waals surface area (Å²) in [6.45, 7) is 9.35. The van der Waals surface area contributed by atoms with Crippen molar-refractivity contribution in [3.63, 3.8) is 0 Å². The van der Waals surface area contributed by atoms with Crippen LogP contribution in [0.25, 0.3) is 10.9 Å². The minimum absolute atomic E-state index is 0.0272. The van der Waals surface area contributed by atoms with Crippen LogP contribution in [-0.4, -0.2) is 10.9 Å². The van der Waals surface area contributed by atoms with Crippen molar-refractivity contribution in [2.75, 3.05) is 5.32 Å². The van der Waals surface area contributed by atoms with E-state index in [0.717, 1.165) is 23.0 Å². The van der Waals surface area contributed by atoms with Gasteiger partial charge in [-0.15, -0.1) is 0 Å². The average molecular weight is 387 g/mol. The van der Waals surface area contributed by atoms with Crippen molar-refractivity contribution < 1.29 is 4.79 Å². The molecule has 1 aliphatic rings. The number of pyridine rings is 1. The van der Waals surface area contributed by atoms with Crippen LogP contribution in [0.1, 0.15) is 63.6 Å². The molecule has 2 aromatic carbocycles. The lowest BCUT2D eigenvalue weighted by Gasteiger charge is -2.42. The number of benzene rings is 2. The number of fused-ring (bicyclic) bond motifs is 2. The molecule has 0 bridgehead atoms. The smallest absolute Gasteiger partial charge is 0.224 e. The van der Waals surface area contributed by atoms with Crippen molar-refractivity contribution in [3.05, 3.63) is 71.4 Å². The van der Waals surface area contributed by atoms with Crippen LogP contribution in [-0.2, 0) is 22.0 Å². The number of rotatable bonds is 4. The first kappa shape index (κ1) is 19.6. The zero-order valence-corrected chi connectivity index (χ0v) is 17.9. The Morgan fingerprint density at radius 3 is 2.48 bits per heavy atom. The molecule has 0 saturated carbocycles. The number of aryl methyl sites for hydroxylation is 1. The number of hydrogen-bond acceptors (Lipinski definition) is 2. The van der Waals surface area contributed by atoms with Gasteiger partial charge in [-0.2, -0.15) is 0 Å². The molecule has 1 N–H and O–H groups in total. The molecule has 1 heterocycles. The molecule has 0 saturated heterocycles. The van der Waals surface area contributed by atoms with Crippen LogP contribution in [0, 0.1) is 0 Å². The van der Waals surface area contributed by atoms with Crippen molar-refractivity contribution in [2.24, 2.45) is 0 Å². The van der Waals surface area contributed by atoms with E-state index in [-0.39, 0.29) is 16.7 Å². The number of nitrogens with one attached hydrogen (secondary N) is 1. The molecule has 0 aliphatic heterocycles. The summed E-state index contributed by atoms with van der Waals surface area (Å²) in [5.41, 5.74) is 6.26. The highest BCUT2D eigenvalue weighted by molar-refractivity contribution is 5.93. The first-order valence-corrected chi connectivity index (χ1v) is 10.5. The fourth-order valence-electron chi connectivity index (χ4n) is 4.41. The second-order valence-electron chi connectivity index (χ2n) is 9.61. The van der Waals surface area contributed by atoms with E-state index >= 15 is 0 Å². The molecule has 0 spiro atoms. The number of carbonyl (C=O) groups is 1. The minimum atomic E-state index is 0.0272. The molecule has 0 fully saturated rings. The highest BCUT2D eigenvalue weighted by Crippen LogP contribution is 2.45. The fourth-order valence-corrected chi connectivity index (χ4v) is 4.41. The van der Waals surface area contributed by atoms with Gasteiger partial charge in [0.2, 0.25) is 5.91 Å². The Morgan fingerprint density at radius 2 is 1.69 bits per heavy atom. The molecule has 0 unspecified atom stereocenters. The molecule has 3 aromatic rings. The number of aromatic nitrogens is 1. The maximum absolute atomic E-state index is 12.5. The summed E-state index contributed by atoms with van der Waals surface area (Å²) in [7, 11) is 0. The number of carbonyl (C=O) groups excluding carboxylic acids is 1. The van der Waals surface area contributed by atoms with Gasteiger partial charge in [-0.3, -0.25) is 9.78 Å². The van der Waals surface area contributed by atoms with Gasteiger partial charge in [-0.1, -0.05) is 64.1 Å². The zero-order chi connectivity index (χ0) is 20.6. The van der Waals surface area contributed by atoms with E-state index in [1.54, 1.807) is 6.20 Å². The maximum Gasteiger partial charge on any atom is 0.224 e. The van der Waals surface area contributed by atoms with Gasteiger partial charge < -0.3 is 5.32 Å². The third-order valence-corrected chi connectivity index (χ3v) is 6.43. The van der Waals surface area contributed by atoms with Crippen LogP contribution >= 0.6 is 0 Å². The van der Waals surface area contributed by atoms with Gasteiger partial charge in [-0.25, -0.2) is 0 Å². The SMILES string of the molecule is CC1(C)CCC(C)(C)c2cc(CCC(=O)Nc3cnc4ccccc4c3)ccc21. The fraction of sp³-hybridized carbons (Fsp3) is 0.385. The second-order valence-corrected chi connectivity index (χ2v) is 9.61. The lowest BCUT2D eigenvalue weighted by molar-refractivity contribution is -0.116. The summed E-state index contributed by atoms with van der Waals surface area (Å²) in [5.74, 6) is 0.0272. The van der Waals surface area contributed by atoms with E-state index in [0.29, 0.717) is 6.42 Å². The van der Waals surface area contributed by atoms with E-state index in [1.165, 1.54) is 29.5 Å². The quantitative estimate of drug-likeness (QED) is 0.584. The normalized spacial score (nSPS) is 17.0. The van der Waals surface area contributed by atoms with Crippen LogP contribution in [0.5, 0.6) is 0 Å². The van der Waals surface area contributed by atoms with Crippen LogP contribution in [0.4, 0.5) is 5.69 Å². The van der Waals surface area contributed by atoms with Crippen LogP contribution in [0.3, 0.4) is 0 Å². The van der Waals surface area contributed by atoms with Crippen molar-refractivity contribution in [2.45, 2.75) is 64.2 Å². The Labute approximate surface area is 173 Å². The van der Waals surface area contributed by atoms with Crippen molar-refractivity contribution >= 4 is 22.5 Å². The summed E-state index contributed by atoms with van der Waals surface area (Å²) >= 11 is 0. The highest BCUT2D eigenvalue weighted by Gasteiger charge is 2.36. The Morgan fingerprint density at radius 1 is 0.966 bits per heavy atom. The van der Waals surface area contributed by atoms with Gasteiger partial charge in [-0.05, 0) is 58.9 Å². The first-order chi connectivity index (χ1) is 13.7. The maximum atomic E-state index is 12.5. The Kier molecular flexibility index (Phi) is 4.94. The molecule has 1 aromatic heterocycles. The molecular formula is C26H30N2O. The molecule has 1 amide bonds. The Bertz CT molecular complexity index is 1070. The molecule has 150 valence electrons. The molecule has 3 nitrogen and oxygen atoms in total. The van der Waals surface area contributed by atoms with Crippen molar-refractivity contribution in [1.82, 2.24) is 4.98 Å². The van der Waals surface area contributed by atoms with Gasteiger partial charge in [0.1, 0.15) is 0 Å². The van der Waals surface area contributed by atoms with E-state index in [9.17, 15) is 4.79 Å². The van der Waals surface area contributed by atoms with Gasteiger partial charge in [0.25, 0.3) is 0 Å². The number of hydrogen-bond donors (Lipinski definition) is 1. The predicted molar refractivity (Wildman–Crippen MR) is 120 cm³/mol. The molecule has 1 aliphatic carbocycles. The Hall–Kier alpha value is -2.68. The van der Waals surface area contributed by atoms with Gasteiger partial charge >= 0.3 is 0 Å². The number of para-hydroxylation sites is 1. The zero-order valence-electron chi connectivity index (χ0n) is 17.9. The number of nitrogens with zero attached hydrogens (tertiary/aromatic N) is 1. The van der Waals surface area contributed by atoms with E-state index in [2.05, 4.69) is 56.2 Å². The van der Waals surface area contributed by atoms with Crippen LogP contribution in [0.2, 0.25) is 0 Å². The first-order valence-electron chi connectivity index (χ1n) is 10.5. The van der Waals surface area contributed by atoms with Crippen molar-refractivity contribution in [1.29, 1.82) is 0 Å². The highest BCUT2D eigenvalue weighted by atomic mass is 16.1. The molecule has 4 rings (SSSR count). The van der Waals surface area contributed by atoms with Gasteiger partial charge in [0, 0.05) is 11.8 Å². The van der Waals surface area contributed by atoms with Crippen molar-refractivity contribution in [3.8, 4) is 0 Å². The van der Waals surface area contributed by atoms with Gasteiger partial charge in [0.05, 0.1) is 17.4 Å². The summed E-state index contributed by atoms with van der Waals surface area (Å²) < 4.78 is 0. The van der Waals surface area contributed by atoms with E-state index in [4.69, 9.17) is 0 Å². The third-order valence-electron chi connectivity index (χ3n) is 6.43. The van der Waals surface area contributed by atoms with Crippen LogP contribution < -0.4 is 5.32 Å². The van der Waals surface area contributed by atoms with Gasteiger partial charge in [0.15, 0.2) is 0 Å². The molecule has 0 radical (unpaired) electrons. The Balaban J connectivity index is 1.45. The molecule has 0 atom stereocenters. The average Bonchev–Trinajstić information content (AvgIpc) is 2.70. The minimum Gasteiger partial charge on any atom is -0.325 e. The van der Waals surface area contributed by atoms with E-state index < -0.39 is 0 Å². The summed E-state index contributed by atoms with van der Waals surface area (Å²) in [6, 6.07) is 16.7. The largest absolute Gasteiger partial charge is 0.325 e. The monoisotopic (exact) mass is 386 g/mol. The molecule has 29 heavy (non-hydrogen) atoms. The topological polar surface area (TPSA) is 42.0 Å². The standard InChI is InChI=1S/C26H30N2O/c1-25(2)13-14-26(3,4)22-15-18(9-11-21(22)25)10-12-24(29)28-20-16-19-7-5-6-8-23(19)27-17-20/h5-9,11,15-17H,10,12-14H2,1-4H3,(H,28,29). The summed E-state index contributed by atoms with van der Waals surface area (Å²) in [5, 5.41) is 4.03. The van der Waals surface area contributed by atoms with Crippen LogP contribution in [0.15, 0.2) is 54.7 Å². The second kappa shape index (κ2) is 7.29. The number of anilines is 1. The summed E-state index contributed by atoms with van der Waals surface area (Å²) in [4.78, 5) is 16.9. The molecule has 3 heteroatoms. The van der Waals surface area contributed by atoms with E-state index in [1.807, 2.05) is 30.3 Å². The lowest BCUT2D eigenvalue weighted by Crippen LogP contribution is -2.33. The molecular weight excluding hydrogens is 356 g/mol.